The molecule has 1 amide bonds. The fourth-order valence-corrected chi connectivity index (χ4v) is 1.94. The number of halogens is 1. The normalized spacial score (nSPS) is 18.5. The van der Waals surface area contributed by atoms with E-state index in [4.69, 9.17) is 0 Å². The third-order valence-corrected chi connectivity index (χ3v) is 3.25. The van der Waals surface area contributed by atoms with E-state index in [1.165, 1.54) is 0 Å². The van der Waals surface area contributed by atoms with Crippen LogP contribution in [0.4, 0.5) is 11.4 Å². The Morgan fingerprint density at radius 2 is 2.13 bits per heavy atom. The number of benzene rings is 1. The van der Waals surface area contributed by atoms with E-state index in [0.717, 1.165) is 15.8 Å². The van der Waals surface area contributed by atoms with Gasteiger partial charge in [-0.1, -0.05) is 6.07 Å². The molecular formula is C11H13BrN2O. The fraction of sp³-hybridized carbons (Fsp3) is 0.364. The summed E-state index contributed by atoms with van der Waals surface area (Å²) in [7, 11) is 0. The minimum atomic E-state index is -0.390. The summed E-state index contributed by atoms with van der Waals surface area (Å²) in [5.41, 5.74) is 1.40. The molecule has 0 atom stereocenters. The van der Waals surface area contributed by atoms with Crippen LogP contribution in [0.1, 0.15) is 13.8 Å². The Morgan fingerprint density at radius 1 is 1.40 bits per heavy atom. The van der Waals surface area contributed by atoms with E-state index in [9.17, 15) is 4.79 Å². The largest absolute Gasteiger partial charge is 0.382 e. The van der Waals surface area contributed by atoms with E-state index < -0.39 is 5.41 Å². The number of carbonyl (C=O) groups excluding carboxylic acids is 1. The van der Waals surface area contributed by atoms with Gasteiger partial charge in [0.25, 0.3) is 0 Å². The van der Waals surface area contributed by atoms with E-state index in [1.807, 2.05) is 32.0 Å². The van der Waals surface area contributed by atoms with Crippen molar-refractivity contribution in [3.8, 4) is 0 Å². The zero-order valence-electron chi connectivity index (χ0n) is 8.73. The van der Waals surface area contributed by atoms with Crippen LogP contribution < -0.4 is 10.6 Å². The first-order valence-electron chi connectivity index (χ1n) is 4.84. The SMILES string of the molecule is CC1(C)CNc2cccc(Br)c2NC1=O. The molecule has 0 saturated heterocycles. The average Bonchev–Trinajstić information content (AvgIpc) is 2.28. The number of hydrogen-bond acceptors (Lipinski definition) is 2. The van der Waals surface area contributed by atoms with Gasteiger partial charge in [-0.05, 0) is 41.9 Å². The van der Waals surface area contributed by atoms with Crippen molar-refractivity contribution < 1.29 is 4.79 Å². The standard InChI is InChI=1S/C11H13BrN2O/c1-11(2)6-13-8-5-3-4-7(12)9(8)14-10(11)15/h3-5,13H,6H2,1-2H3,(H,14,15). The highest BCUT2D eigenvalue weighted by Gasteiger charge is 2.31. The number of amides is 1. The van der Waals surface area contributed by atoms with Gasteiger partial charge in [0.1, 0.15) is 0 Å². The third-order valence-electron chi connectivity index (χ3n) is 2.59. The molecule has 0 aliphatic carbocycles. The first-order chi connectivity index (χ1) is 7.00. The molecule has 80 valence electrons. The lowest BCUT2D eigenvalue weighted by molar-refractivity contribution is -0.123. The van der Waals surface area contributed by atoms with E-state index >= 15 is 0 Å². The smallest absolute Gasteiger partial charge is 0.231 e. The van der Waals surface area contributed by atoms with Gasteiger partial charge in [0.2, 0.25) is 5.91 Å². The van der Waals surface area contributed by atoms with Gasteiger partial charge in [0, 0.05) is 11.0 Å². The second-order valence-electron chi connectivity index (χ2n) is 4.35. The van der Waals surface area contributed by atoms with Crippen LogP contribution in [-0.2, 0) is 4.79 Å². The van der Waals surface area contributed by atoms with Crippen LogP contribution in [-0.4, -0.2) is 12.5 Å². The van der Waals surface area contributed by atoms with Crippen molar-refractivity contribution in [2.45, 2.75) is 13.8 Å². The second kappa shape index (κ2) is 3.52. The van der Waals surface area contributed by atoms with Gasteiger partial charge < -0.3 is 10.6 Å². The molecule has 0 fully saturated rings. The van der Waals surface area contributed by atoms with Gasteiger partial charge >= 0.3 is 0 Å². The highest BCUT2D eigenvalue weighted by Crippen LogP contribution is 2.35. The predicted molar refractivity (Wildman–Crippen MR) is 65.0 cm³/mol. The summed E-state index contributed by atoms with van der Waals surface area (Å²) < 4.78 is 0.901. The van der Waals surface area contributed by atoms with Crippen LogP contribution in [0.5, 0.6) is 0 Å². The molecule has 0 radical (unpaired) electrons. The quantitative estimate of drug-likeness (QED) is 0.760. The van der Waals surface area contributed by atoms with Gasteiger partial charge in [-0.15, -0.1) is 0 Å². The Kier molecular flexibility index (Phi) is 2.46. The Morgan fingerprint density at radius 3 is 2.87 bits per heavy atom. The molecule has 2 N–H and O–H groups in total. The summed E-state index contributed by atoms with van der Waals surface area (Å²) in [5.74, 6) is 0.0423. The Bertz CT molecular complexity index is 415. The van der Waals surface area contributed by atoms with Crippen LogP contribution in [0.3, 0.4) is 0 Å². The number of para-hydroxylation sites is 1. The zero-order valence-corrected chi connectivity index (χ0v) is 10.3. The molecule has 4 heteroatoms. The van der Waals surface area contributed by atoms with Crippen molar-refractivity contribution in [3.63, 3.8) is 0 Å². The van der Waals surface area contributed by atoms with Gasteiger partial charge in [-0.3, -0.25) is 4.79 Å². The Labute approximate surface area is 97.4 Å². The van der Waals surface area contributed by atoms with Crippen LogP contribution >= 0.6 is 15.9 Å². The van der Waals surface area contributed by atoms with E-state index in [-0.39, 0.29) is 5.91 Å². The Balaban J connectivity index is 2.45. The lowest BCUT2D eigenvalue weighted by Crippen LogP contribution is -2.34. The molecule has 0 spiro atoms. The van der Waals surface area contributed by atoms with Crippen LogP contribution in [0.2, 0.25) is 0 Å². The van der Waals surface area contributed by atoms with Gasteiger partial charge in [0.15, 0.2) is 0 Å². The number of carbonyl (C=O) groups is 1. The predicted octanol–water partition coefficient (Wildman–Crippen LogP) is 2.84. The van der Waals surface area contributed by atoms with Gasteiger partial charge in [-0.25, -0.2) is 0 Å². The van der Waals surface area contributed by atoms with Crippen molar-refractivity contribution in [1.29, 1.82) is 0 Å². The maximum atomic E-state index is 11.9. The molecule has 1 aromatic rings. The number of hydrogen-bond donors (Lipinski definition) is 2. The molecule has 1 aliphatic heterocycles. The average molecular weight is 269 g/mol. The summed E-state index contributed by atoms with van der Waals surface area (Å²) in [6.45, 7) is 4.49. The Hall–Kier alpha value is -1.03. The number of fused-ring (bicyclic) bond motifs is 1. The first-order valence-corrected chi connectivity index (χ1v) is 5.64. The molecule has 1 heterocycles. The summed E-state index contributed by atoms with van der Waals surface area (Å²) in [4.78, 5) is 11.9. The third kappa shape index (κ3) is 1.86. The fourth-order valence-electron chi connectivity index (χ4n) is 1.48. The van der Waals surface area contributed by atoms with E-state index in [2.05, 4.69) is 26.6 Å². The molecule has 15 heavy (non-hydrogen) atoms. The van der Waals surface area contributed by atoms with Crippen LogP contribution in [0.25, 0.3) is 0 Å². The van der Waals surface area contributed by atoms with Crippen molar-refractivity contribution in [2.75, 3.05) is 17.2 Å². The summed E-state index contributed by atoms with van der Waals surface area (Å²) in [6.07, 6.45) is 0. The number of rotatable bonds is 0. The molecule has 1 aliphatic rings. The topological polar surface area (TPSA) is 41.1 Å². The lowest BCUT2D eigenvalue weighted by atomic mass is 9.93. The van der Waals surface area contributed by atoms with Crippen LogP contribution in [0.15, 0.2) is 22.7 Å². The summed E-state index contributed by atoms with van der Waals surface area (Å²) in [5, 5.41) is 6.21. The molecule has 0 aromatic heterocycles. The van der Waals surface area contributed by atoms with Gasteiger partial charge in [-0.2, -0.15) is 0 Å². The highest BCUT2D eigenvalue weighted by atomic mass is 79.9. The minimum absolute atomic E-state index is 0.0423. The zero-order chi connectivity index (χ0) is 11.1. The van der Waals surface area contributed by atoms with Crippen molar-refractivity contribution in [2.24, 2.45) is 5.41 Å². The highest BCUT2D eigenvalue weighted by molar-refractivity contribution is 9.10. The van der Waals surface area contributed by atoms with Crippen molar-refractivity contribution in [1.82, 2.24) is 0 Å². The maximum Gasteiger partial charge on any atom is 0.231 e. The van der Waals surface area contributed by atoms with Gasteiger partial charge in [0.05, 0.1) is 16.8 Å². The van der Waals surface area contributed by atoms with E-state index in [0.29, 0.717) is 6.54 Å². The maximum absolute atomic E-state index is 11.9. The monoisotopic (exact) mass is 268 g/mol. The molecular weight excluding hydrogens is 256 g/mol. The molecule has 1 aromatic carbocycles. The first kappa shape index (κ1) is 10.5. The van der Waals surface area contributed by atoms with Crippen molar-refractivity contribution >= 4 is 33.2 Å². The molecule has 0 bridgehead atoms. The summed E-state index contributed by atoms with van der Waals surface area (Å²) >= 11 is 3.43. The second-order valence-corrected chi connectivity index (χ2v) is 5.21. The number of nitrogens with one attached hydrogen (secondary N) is 2. The van der Waals surface area contributed by atoms with E-state index in [1.54, 1.807) is 0 Å². The molecule has 0 saturated carbocycles. The number of anilines is 2. The molecule has 2 rings (SSSR count). The summed E-state index contributed by atoms with van der Waals surface area (Å²) in [6, 6.07) is 5.82. The van der Waals surface area contributed by atoms with Crippen LogP contribution in [0, 0.1) is 5.41 Å². The lowest BCUT2D eigenvalue weighted by Gasteiger charge is -2.19. The molecule has 3 nitrogen and oxygen atoms in total. The molecule has 0 unspecified atom stereocenters. The minimum Gasteiger partial charge on any atom is -0.382 e. The van der Waals surface area contributed by atoms with Crippen molar-refractivity contribution in [3.05, 3.63) is 22.7 Å².